The third-order valence-electron chi connectivity index (χ3n) is 3.18. The van der Waals surface area contributed by atoms with Crippen LogP contribution < -0.4 is 5.32 Å². The molecule has 2 N–H and O–H groups in total. The van der Waals surface area contributed by atoms with Crippen molar-refractivity contribution in [3.63, 3.8) is 0 Å². The van der Waals surface area contributed by atoms with E-state index >= 15 is 0 Å². The first kappa shape index (κ1) is 11.9. The Morgan fingerprint density at radius 3 is 2.65 bits per heavy atom. The summed E-state index contributed by atoms with van der Waals surface area (Å²) in [5.74, 6) is -1.06. The maximum atomic E-state index is 11.9. The Balaban J connectivity index is 2.01. The van der Waals surface area contributed by atoms with Crippen LogP contribution in [0.1, 0.15) is 25.7 Å². The predicted octanol–water partition coefficient (Wildman–Crippen LogP) is -0.412. The SMILES string of the molecule is O=C(O)CC1C(=O)NCCN1C(=O)CC1CC1. The molecule has 1 heterocycles. The molecule has 2 aliphatic rings. The van der Waals surface area contributed by atoms with Crippen molar-refractivity contribution in [3.8, 4) is 0 Å². The van der Waals surface area contributed by atoms with Gasteiger partial charge in [0.1, 0.15) is 6.04 Å². The maximum Gasteiger partial charge on any atom is 0.305 e. The molecule has 0 spiro atoms. The molecule has 1 saturated carbocycles. The van der Waals surface area contributed by atoms with E-state index in [0.717, 1.165) is 12.8 Å². The summed E-state index contributed by atoms with van der Waals surface area (Å²) >= 11 is 0. The number of hydrogen-bond donors (Lipinski definition) is 2. The Morgan fingerprint density at radius 1 is 1.35 bits per heavy atom. The van der Waals surface area contributed by atoms with Crippen molar-refractivity contribution in [3.05, 3.63) is 0 Å². The number of nitrogens with zero attached hydrogens (tertiary/aromatic N) is 1. The third kappa shape index (κ3) is 2.95. The second-order valence-electron chi connectivity index (χ2n) is 4.64. The lowest BCUT2D eigenvalue weighted by Gasteiger charge is -2.34. The lowest BCUT2D eigenvalue weighted by molar-refractivity contribution is -0.148. The summed E-state index contributed by atoms with van der Waals surface area (Å²) in [6.45, 7) is 0.820. The highest BCUT2D eigenvalue weighted by Gasteiger charge is 2.36. The molecule has 0 bridgehead atoms. The number of carbonyl (C=O) groups is 3. The van der Waals surface area contributed by atoms with Gasteiger partial charge in [0.15, 0.2) is 0 Å². The van der Waals surface area contributed by atoms with E-state index in [9.17, 15) is 14.4 Å². The Morgan fingerprint density at radius 2 is 2.06 bits per heavy atom. The molecule has 6 heteroatoms. The largest absolute Gasteiger partial charge is 0.481 e. The van der Waals surface area contributed by atoms with Crippen molar-refractivity contribution in [2.45, 2.75) is 31.7 Å². The number of nitrogens with one attached hydrogen (secondary N) is 1. The second kappa shape index (κ2) is 4.73. The number of aliphatic carboxylic acids is 1. The quantitative estimate of drug-likeness (QED) is 0.699. The van der Waals surface area contributed by atoms with Gasteiger partial charge in [0.25, 0.3) is 0 Å². The van der Waals surface area contributed by atoms with Gasteiger partial charge in [-0.1, -0.05) is 0 Å². The second-order valence-corrected chi connectivity index (χ2v) is 4.64. The molecule has 1 aliphatic heterocycles. The van der Waals surface area contributed by atoms with Gasteiger partial charge >= 0.3 is 5.97 Å². The summed E-state index contributed by atoms with van der Waals surface area (Å²) in [6.07, 6.45) is 2.26. The molecule has 0 radical (unpaired) electrons. The molecule has 0 aromatic carbocycles. The first-order valence-corrected chi connectivity index (χ1v) is 5.87. The van der Waals surface area contributed by atoms with Crippen LogP contribution in [0, 0.1) is 5.92 Å². The van der Waals surface area contributed by atoms with Crippen LogP contribution in [0.2, 0.25) is 0 Å². The lowest BCUT2D eigenvalue weighted by Crippen LogP contribution is -2.57. The summed E-state index contributed by atoms with van der Waals surface area (Å²) in [4.78, 5) is 35.6. The van der Waals surface area contributed by atoms with Crippen molar-refractivity contribution < 1.29 is 19.5 Å². The van der Waals surface area contributed by atoms with Gasteiger partial charge in [-0.3, -0.25) is 14.4 Å². The highest BCUT2D eigenvalue weighted by Crippen LogP contribution is 2.33. The van der Waals surface area contributed by atoms with E-state index in [0.29, 0.717) is 25.4 Å². The van der Waals surface area contributed by atoms with Gasteiger partial charge in [-0.2, -0.15) is 0 Å². The van der Waals surface area contributed by atoms with Gasteiger partial charge in [0.05, 0.1) is 6.42 Å². The zero-order chi connectivity index (χ0) is 12.4. The minimum absolute atomic E-state index is 0.0893. The molecule has 17 heavy (non-hydrogen) atoms. The van der Waals surface area contributed by atoms with Crippen molar-refractivity contribution >= 4 is 17.8 Å². The Labute approximate surface area is 99.0 Å². The van der Waals surface area contributed by atoms with Crippen LogP contribution in [0.25, 0.3) is 0 Å². The number of piperazine rings is 1. The zero-order valence-electron chi connectivity index (χ0n) is 9.52. The van der Waals surface area contributed by atoms with E-state index in [2.05, 4.69) is 5.32 Å². The van der Waals surface area contributed by atoms with Gasteiger partial charge in [-0.25, -0.2) is 0 Å². The molecule has 0 aromatic rings. The molecule has 2 rings (SSSR count). The third-order valence-corrected chi connectivity index (χ3v) is 3.18. The fourth-order valence-corrected chi connectivity index (χ4v) is 2.07. The van der Waals surface area contributed by atoms with E-state index in [1.54, 1.807) is 0 Å². The number of carboxylic acids is 1. The summed E-state index contributed by atoms with van der Waals surface area (Å²) in [5.41, 5.74) is 0. The highest BCUT2D eigenvalue weighted by atomic mass is 16.4. The molecule has 1 aliphatic carbocycles. The van der Waals surface area contributed by atoms with Crippen LogP contribution in [0.15, 0.2) is 0 Å². The van der Waals surface area contributed by atoms with E-state index in [-0.39, 0.29) is 18.2 Å². The molecule has 1 saturated heterocycles. The molecular weight excluding hydrogens is 224 g/mol. The minimum atomic E-state index is -1.06. The molecule has 0 aromatic heterocycles. The van der Waals surface area contributed by atoms with E-state index in [1.165, 1.54) is 4.90 Å². The van der Waals surface area contributed by atoms with Crippen molar-refractivity contribution in [1.29, 1.82) is 0 Å². The van der Waals surface area contributed by atoms with E-state index in [1.807, 2.05) is 0 Å². The molecule has 1 atom stereocenters. The predicted molar refractivity (Wildman–Crippen MR) is 58.1 cm³/mol. The van der Waals surface area contributed by atoms with Crippen LogP contribution in [0.3, 0.4) is 0 Å². The summed E-state index contributed by atoms with van der Waals surface area (Å²) < 4.78 is 0. The molecular formula is C11H16N2O4. The lowest BCUT2D eigenvalue weighted by atomic mass is 10.1. The molecule has 6 nitrogen and oxygen atoms in total. The number of carbonyl (C=O) groups excluding carboxylic acids is 2. The Kier molecular flexibility index (Phi) is 3.31. The molecule has 94 valence electrons. The normalized spacial score (nSPS) is 24.4. The average molecular weight is 240 g/mol. The number of carboxylic acid groups (broad SMARTS) is 1. The number of rotatable bonds is 4. The fraction of sp³-hybridized carbons (Fsp3) is 0.727. The molecule has 1 unspecified atom stereocenters. The van der Waals surface area contributed by atoms with E-state index in [4.69, 9.17) is 5.11 Å². The first-order chi connectivity index (χ1) is 8.08. The summed E-state index contributed by atoms with van der Waals surface area (Å²) in [6, 6.07) is -0.840. The average Bonchev–Trinajstić information content (AvgIpc) is 3.04. The maximum absolute atomic E-state index is 11.9. The van der Waals surface area contributed by atoms with Gasteiger partial charge in [0.2, 0.25) is 11.8 Å². The smallest absolute Gasteiger partial charge is 0.305 e. The fourth-order valence-electron chi connectivity index (χ4n) is 2.07. The van der Waals surface area contributed by atoms with Crippen molar-refractivity contribution in [2.24, 2.45) is 5.92 Å². The van der Waals surface area contributed by atoms with Crippen molar-refractivity contribution in [1.82, 2.24) is 10.2 Å². The monoisotopic (exact) mass is 240 g/mol. The number of amides is 2. The standard InChI is InChI=1S/C11H16N2O4/c14-9(5-7-1-2-7)13-4-3-12-11(17)8(13)6-10(15)16/h7-8H,1-6H2,(H,12,17)(H,15,16). The zero-order valence-corrected chi connectivity index (χ0v) is 9.52. The van der Waals surface area contributed by atoms with Crippen LogP contribution >= 0.6 is 0 Å². The van der Waals surface area contributed by atoms with Crippen LogP contribution in [0.4, 0.5) is 0 Å². The van der Waals surface area contributed by atoms with Gasteiger partial charge < -0.3 is 15.3 Å². The van der Waals surface area contributed by atoms with Crippen LogP contribution in [-0.2, 0) is 14.4 Å². The van der Waals surface area contributed by atoms with Crippen LogP contribution in [0.5, 0.6) is 0 Å². The first-order valence-electron chi connectivity index (χ1n) is 5.87. The van der Waals surface area contributed by atoms with Crippen molar-refractivity contribution in [2.75, 3.05) is 13.1 Å². The Bertz CT molecular complexity index is 351. The summed E-state index contributed by atoms with van der Waals surface area (Å²) in [5, 5.41) is 11.4. The minimum Gasteiger partial charge on any atom is -0.481 e. The highest BCUT2D eigenvalue weighted by molar-refractivity contribution is 5.91. The summed E-state index contributed by atoms with van der Waals surface area (Å²) in [7, 11) is 0. The number of hydrogen-bond acceptors (Lipinski definition) is 3. The molecule has 2 amide bonds. The van der Waals surface area contributed by atoms with Crippen LogP contribution in [-0.4, -0.2) is 46.9 Å². The topological polar surface area (TPSA) is 86.7 Å². The van der Waals surface area contributed by atoms with E-state index < -0.39 is 12.0 Å². The molecule has 2 fully saturated rings. The van der Waals surface area contributed by atoms with Gasteiger partial charge in [-0.15, -0.1) is 0 Å². The van der Waals surface area contributed by atoms with Gasteiger partial charge in [0, 0.05) is 19.5 Å². The van der Waals surface area contributed by atoms with Gasteiger partial charge in [-0.05, 0) is 18.8 Å². The Hall–Kier alpha value is -1.59.